The van der Waals surface area contributed by atoms with Gasteiger partial charge >= 0.3 is 0 Å². The minimum Gasteiger partial charge on any atom is -0.321 e. The molecule has 16 heavy (non-hydrogen) atoms. The van der Waals surface area contributed by atoms with Crippen molar-refractivity contribution in [1.82, 2.24) is 0 Å². The number of anilines is 1. The molecule has 0 saturated carbocycles. The lowest BCUT2D eigenvalue weighted by Gasteiger charge is -2.01. The SMILES string of the molecule is CC(C)C/C=C1/C(=O)Nc2cc(Cl)ccc21. The predicted octanol–water partition coefficient (Wildman–Crippen LogP) is 3.72. The van der Waals surface area contributed by atoms with Gasteiger partial charge in [0.25, 0.3) is 5.91 Å². The summed E-state index contributed by atoms with van der Waals surface area (Å²) in [4.78, 5) is 11.7. The van der Waals surface area contributed by atoms with E-state index in [4.69, 9.17) is 11.6 Å². The Labute approximate surface area is 100 Å². The van der Waals surface area contributed by atoms with E-state index in [2.05, 4.69) is 19.2 Å². The van der Waals surface area contributed by atoms with Crippen LogP contribution in [-0.4, -0.2) is 5.91 Å². The number of halogens is 1. The molecule has 0 fully saturated rings. The minimum absolute atomic E-state index is 0.0297. The summed E-state index contributed by atoms with van der Waals surface area (Å²) in [6, 6.07) is 5.48. The maximum Gasteiger partial charge on any atom is 0.256 e. The fourth-order valence-corrected chi connectivity index (χ4v) is 1.90. The van der Waals surface area contributed by atoms with Gasteiger partial charge in [-0.15, -0.1) is 0 Å². The largest absolute Gasteiger partial charge is 0.321 e. The smallest absolute Gasteiger partial charge is 0.256 e. The molecule has 84 valence electrons. The molecule has 0 unspecified atom stereocenters. The Morgan fingerprint density at radius 3 is 2.88 bits per heavy atom. The summed E-state index contributed by atoms with van der Waals surface area (Å²) in [7, 11) is 0. The summed E-state index contributed by atoms with van der Waals surface area (Å²) in [6.07, 6.45) is 2.91. The quantitative estimate of drug-likeness (QED) is 0.778. The first kappa shape index (κ1) is 11.2. The predicted molar refractivity (Wildman–Crippen MR) is 67.5 cm³/mol. The lowest BCUT2D eigenvalue weighted by atomic mass is 10.0. The van der Waals surface area contributed by atoms with E-state index < -0.39 is 0 Å². The highest BCUT2D eigenvalue weighted by Gasteiger charge is 2.23. The summed E-state index contributed by atoms with van der Waals surface area (Å²) >= 11 is 5.88. The zero-order valence-electron chi connectivity index (χ0n) is 9.38. The molecule has 0 spiro atoms. The van der Waals surface area contributed by atoms with Crippen LogP contribution in [0.25, 0.3) is 5.57 Å². The Hall–Kier alpha value is -1.28. The molecule has 0 bridgehead atoms. The first-order valence-electron chi connectivity index (χ1n) is 5.39. The van der Waals surface area contributed by atoms with E-state index in [0.717, 1.165) is 23.2 Å². The number of carbonyl (C=O) groups is 1. The first-order chi connectivity index (χ1) is 7.58. The second-order valence-electron chi connectivity index (χ2n) is 4.39. The van der Waals surface area contributed by atoms with Crippen molar-refractivity contribution in [1.29, 1.82) is 0 Å². The topological polar surface area (TPSA) is 29.1 Å². The molecule has 0 aliphatic carbocycles. The third-order valence-electron chi connectivity index (χ3n) is 2.56. The number of hydrogen-bond donors (Lipinski definition) is 1. The van der Waals surface area contributed by atoms with E-state index in [1.165, 1.54) is 0 Å². The van der Waals surface area contributed by atoms with E-state index in [1.54, 1.807) is 6.07 Å². The Morgan fingerprint density at radius 2 is 2.19 bits per heavy atom. The fourth-order valence-electron chi connectivity index (χ4n) is 1.72. The number of nitrogens with one attached hydrogen (secondary N) is 1. The number of rotatable bonds is 2. The molecule has 0 aromatic heterocycles. The molecule has 3 heteroatoms. The minimum atomic E-state index is -0.0297. The van der Waals surface area contributed by atoms with Crippen molar-refractivity contribution in [3.8, 4) is 0 Å². The molecule has 1 amide bonds. The number of carbonyl (C=O) groups excluding carboxylic acids is 1. The van der Waals surface area contributed by atoms with E-state index in [-0.39, 0.29) is 5.91 Å². The van der Waals surface area contributed by atoms with E-state index >= 15 is 0 Å². The molecule has 1 aliphatic heterocycles. The number of allylic oxidation sites excluding steroid dienone is 1. The monoisotopic (exact) mass is 235 g/mol. The second kappa shape index (κ2) is 4.30. The highest BCUT2D eigenvalue weighted by molar-refractivity contribution is 6.34. The van der Waals surface area contributed by atoms with Crippen LogP contribution in [-0.2, 0) is 4.79 Å². The number of benzene rings is 1. The van der Waals surface area contributed by atoms with E-state index in [1.807, 2.05) is 18.2 Å². The molecule has 0 saturated heterocycles. The van der Waals surface area contributed by atoms with Crippen LogP contribution >= 0.6 is 11.6 Å². The zero-order chi connectivity index (χ0) is 11.7. The summed E-state index contributed by atoms with van der Waals surface area (Å²) in [5, 5.41) is 3.46. The maximum atomic E-state index is 11.7. The lowest BCUT2D eigenvalue weighted by Crippen LogP contribution is -2.03. The van der Waals surface area contributed by atoms with Crippen LogP contribution in [0.15, 0.2) is 24.3 Å². The zero-order valence-corrected chi connectivity index (χ0v) is 10.1. The van der Waals surface area contributed by atoms with Crippen molar-refractivity contribution in [3.05, 3.63) is 34.9 Å². The molecule has 1 aromatic rings. The average molecular weight is 236 g/mol. The van der Waals surface area contributed by atoms with Gasteiger partial charge in [-0.1, -0.05) is 37.6 Å². The van der Waals surface area contributed by atoms with Crippen molar-refractivity contribution < 1.29 is 4.79 Å². The standard InChI is InChI=1S/C13H14ClNO/c1-8(2)3-5-11-10-6-4-9(14)7-12(10)15-13(11)16/h4-8H,3H2,1-2H3,(H,15,16)/b11-5+. The van der Waals surface area contributed by atoms with Crippen LogP contribution in [0.1, 0.15) is 25.8 Å². The van der Waals surface area contributed by atoms with Gasteiger partial charge in [0, 0.05) is 16.2 Å². The first-order valence-corrected chi connectivity index (χ1v) is 5.77. The number of hydrogen-bond acceptors (Lipinski definition) is 1. The van der Waals surface area contributed by atoms with Crippen LogP contribution in [0, 0.1) is 5.92 Å². The van der Waals surface area contributed by atoms with Gasteiger partial charge in [-0.05, 0) is 24.5 Å². The third-order valence-corrected chi connectivity index (χ3v) is 2.79. The second-order valence-corrected chi connectivity index (χ2v) is 4.83. The molecular weight excluding hydrogens is 222 g/mol. The third kappa shape index (κ3) is 2.12. The van der Waals surface area contributed by atoms with Crippen LogP contribution in [0.3, 0.4) is 0 Å². The Bertz CT molecular complexity index is 463. The van der Waals surface area contributed by atoms with E-state index in [0.29, 0.717) is 10.9 Å². The van der Waals surface area contributed by atoms with Crippen LogP contribution in [0.4, 0.5) is 5.69 Å². The van der Waals surface area contributed by atoms with Gasteiger partial charge in [-0.25, -0.2) is 0 Å². The molecule has 1 N–H and O–H groups in total. The van der Waals surface area contributed by atoms with Crippen molar-refractivity contribution in [2.75, 3.05) is 5.32 Å². The van der Waals surface area contributed by atoms with Gasteiger partial charge in [-0.3, -0.25) is 4.79 Å². The van der Waals surface area contributed by atoms with Gasteiger partial charge in [0.2, 0.25) is 0 Å². The van der Waals surface area contributed by atoms with Crippen LogP contribution < -0.4 is 5.32 Å². The van der Waals surface area contributed by atoms with Crippen molar-refractivity contribution in [2.45, 2.75) is 20.3 Å². The lowest BCUT2D eigenvalue weighted by molar-refractivity contribution is -0.110. The average Bonchev–Trinajstić information content (AvgIpc) is 2.50. The van der Waals surface area contributed by atoms with Gasteiger partial charge in [0.05, 0.1) is 5.69 Å². The summed E-state index contributed by atoms with van der Waals surface area (Å²) in [5.41, 5.74) is 2.53. The molecule has 2 nitrogen and oxygen atoms in total. The summed E-state index contributed by atoms with van der Waals surface area (Å²) < 4.78 is 0. The molecule has 0 radical (unpaired) electrons. The molecule has 2 rings (SSSR count). The summed E-state index contributed by atoms with van der Waals surface area (Å²) in [5.74, 6) is 0.523. The summed E-state index contributed by atoms with van der Waals surface area (Å²) in [6.45, 7) is 4.26. The van der Waals surface area contributed by atoms with Gasteiger partial charge in [0.1, 0.15) is 0 Å². The molecular formula is C13H14ClNO. The normalized spacial score (nSPS) is 16.8. The molecule has 0 atom stereocenters. The number of fused-ring (bicyclic) bond motifs is 1. The Balaban J connectivity index is 2.36. The van der Waals surface area contributed by atoms with Gasteiger partial charge < -0.3 is 5.32 Å². The van der Waals surface area contributed by atoms with E-state index in [9.17, 15) is 4.79 Å². The van der Waals surface area contributed by atoms with Crippen molar-refractivity contribution in [3.63, 3.8) is 0 Å². The van der Waals surface area contributed by atoms with Gasteiger partial charge in [-0.2, -0.15) is 0 Å². The Kier molecular flexibility index (Phi) is 3.01. The highest BCUT2D eigenvalue weighted by atomic mass is 35.5. The molecule has 1 aromatic carbocycles. The number of amides is 1. The Morgan fingerprint density at radius 1 is 1.44 bits per heavy atom. The maximum absolute atomic E-state index is 11.7. The highest BCUT2D eigenvalue weighted by Crippen LogP contribution is 2.34. The fraction of sp³-hybridized carbons (Fsp3) is 0.308. The van der Waals surface area contributed by atoms with Crippen LogP contribution in [0.5, 0.6) is 0 Å². The van der Waals surface area contributed by atoms with Crippen LogP contribution in [0.2, 0.25) is 5.02 Å². The molecule has 1 heterocycles. The molecule has 1 aliphatic rings. The van der Waals surface area contributed by atoms with Crippen molar-refractivity contribution in [2.24, 2.45) is 5.92 Å². The van der Waals surface area contributed by atoms with Gasteiger partial charge in [0.15, 0.2) is 0 Å². The van der Waals surface area contributed by atoms with Crippen molar-refractivity contribution >= 4 is 28.8 Å².